The van der Waals surface area contributed by atoms with Crippen LogP contribution in [0.25, 0.3) is 6.08 Å². The third-order valence-electron chi connectivity index (χ3n) is 5.23. The summed E-state index contributed by atoms with van der Waals surface area (Å²) >= 11 is 3.51. The van der Waals surface area contributed by atoms with Gasteiger partial charge in [0, 0.05) is 5.69 Å². The van der Waals surface area contributed by atoms with E-state index in [0.29, 0.717) is 36.0 Å². The van der Waals surface area contributed by atoms with Crippen LogP contribution in [0, 0.1) is 11.3 Å². The molecule has 5 nitrogen and oxygen atoms in total. The molecule has 4 aromatic carbocycles. The molecule has 178 valence electrons. The van der Waals surface area contributed by atoms with Crippen LogP contribution in [0.1, 0.15) is 16.7 Å². The number of rotatable bonds is 9. The van der Waals surface area contributed by atoms with Gasteiger partial charge in [0.1, 0.15) is 36.4 Å². The number of anilines is 1. The highest BCUT2D eigenvalue weighted by molar-refractivity contribution is 9.10. The van der Waals surface area contributed by atoms with Gasteiger partial charge in [-0.15, -0.1) is 0 Å². The van der Waals surface area contributed by atoms with Crippen LogP contribution in [0.2, 0.25) is 0 Å². The molecule has 0 bridgehead atoms. The first kappa shape index (κ1) is 24.8. The van der Waals surface area contributed by atoms with Gasteiger partial charge in [-0.3, -0.25) is 4.79 Å². The normalized spacial score (nSPS) is 10.8. The van der Waals surface area contributed by atoms with Crippen molar-refractivity contribution in [3.63, 3.8) is 0 Å². The number of nitrogens with zero attached hydrogens (tertiary/aromatic N) is 1. The summed E-state index contributed by atoms with van der Waals surface area (Å²) in [6, 6.07) is 34.2. The number of benzene rings is 4. The lowest BCUT2D eigenvalue weighted by Crippen LogP contribution is -2.13. The lowest BCUT2D eigenvalue weighted by atomic mass is 10.1. The Hall–Kier alpha value is -4.34. The Morgan fingerprint density at radius 3 is 2.03 bits per heavy atom. The van der Waals surface area contributed by atoms with Crippen molar-refractivity contribution in [2.24, 2.45) is 0 Å². The number of halogens is 1. The molecule has 0 saturated carbocycles. The lowest BCUT2D eigenvalue weighted by Gasteiger charge is -2.10. The van der Waals surface area contributed by atoms with E-state index >= 15 is 0 Å². The zero-order valence-electron chi connectivity index (χ0n) is 19.4. The van der Waals surface area contributed by atoms with Crippen LogP contribution in [0.4, 0.5) is 5.69 Å². The van der Waals surface area contributed by atoms with E-state index in [1.807, 2.05) is 72.8 Å². The van der Waals surface area contributed by atoms with Crippen molar-refractivity contribution in [1.29, 1.82) is 5.26 Å². The van der Waals surface area contributed by atoms with E-state index in [1.165, 1.54) is 0 Å². The summed E-state index contributed by atoms with van der Waals surface area (Å²) in [4.78, 5) is 12.7. The van der Waals surface area contributed by atoms with Gasteiger partial charge in [-0.05, 0) is 75.1 Å². The number of hydrogen-bond acceptors (Lipinski definition) is 4. The van der Waals surface area contributed by atoms with Crippen molar-refractivity contribution >= 4 is 33.6 Å². The number of carbonyl (C=O) groups is 1. The number of amides is 1. The molecule has 6 heteroatoms. The van der Waals surface area contributed by atoms with Gasteiger partial charge >= 0.3 is 0 Å². The molecule has 0 saturated heterocycles. The Balaban J connectivity index is 1.35. The van der Waals surface area contributed by atoms with Crippen molar-refractivity contribution in [2.75, 3.05) is 5.32 Å². The van der Waals surface area contributed by atoms with Gasteiger partial charge in [0.05, 0.1) is 4.47 Å². The molecule has 4 rings (SSSR count). The summed E-state index contributed by atoms with van der Waals surface area (Å²) in [6.45, 7) is 0.899. The fourth-order valence-corrected chi connectivity index (χ4v) is 3.86. The maximum absolute atomic E-state index is 12.7. The minimum atomic E-state index is -0.490. The molecule has 0 radical (unpaired) electrons. The highest BCUT2D eigenvalue weighted by Crippen LogP contribution is 2.28. The Kier molecular flexibility index (Phi) is 8.53. The van der Waals surface area contributed by atoms with Crippen LogP contribution in [-0.4, -0.2) is 5.91 Å². The molecule has 4 aromatic rings. The topological polar surface area (TPSA) is 71.3 Å². The smallest absolute Gasteiger partial charge is 0.266 e. The summed E-state index contributed by atoms with van der Waals surface area (Å²) in [6.07, 6.45) is 1.54. The molecule has 0 atom stereocenters. The standard InChI is InChI=1S/C30H23BrN2O3/c31-28-18-24(11-16-29(28)36-21-23-9-5-2-6-10-23)17-25(19-32)30(34)33-26-12-14-27(15-13-26)35-20-22-7-3-1-4-8-22/h1-18H,20-21H2,(H,33,34)/b25-17+. The third-order valence-corrected chi connectivity index (χ3v) is 5.85. The Bertz CT molecular complexity index is 1380. The number of hydrogen-bond donors (Lipinski definition) is 1. The van der Waals surface area contributed by atoms with E-state index in [1.54, 1.807) is 42.5 Å². The van der Waals surface area contributed by atoms with Crippen LogP contribution in [-0.2, 0) is 18.0 Å². The average molecular weight is 539 g/mol. The second-order valence-corrected chi connectivity index (χ2v) is 8.74. The molecule has 1 N–H and O–H groups in total. The maximum Gasteiger partial charge on any atom is 0.266 e. The van der Waals surface area contributed by atoms with Gasteiger partial charge in [-0.25, -0.2) is 0 Å². The Morgan fingerprint density at radius 1 is 0.833 bits per heavy atom. The van der Waals surface area contributed by atoms with Crippen molar-refractivity contribution in [1.82, 2.24) is 0 Å². The second-order valence-electron chi connectivity index (χ2n) is 7.89. The molecule has 0 aromatic heterocycles. The molecule has 0 spiro atoms. The van der Waals surface area contributed by atoms with E-state index in [4.69, 9.17) is 9.47 Å². The van der Waals surface area contributed by atoms with E-state index in [9.17, 15) is 10.1 Å². The van der Waals surface area contributed by atoms with Crippen molar-refractivity contribution in [3.05, 3.63) is 130 Å². The van der Waals surface area contributed by atoms with Crippen LogP contribution >= 0.6 is 15.9 Å². The second kappa shape index (κ2) is 12.4. The number of ether oxygens (including phenoxy) is 2. The molecule has 0 unspecified atom stereocenters. The van der Waals surface area contributed by atoms with E-state index < -0.39 is 5.91 Å². The lowest BCUT2D eigenvalue weighted by molar-refractivity contribution is -0.112. The minimum absolute atomic E-state index is 0.00995. The summed E-state index contributed by atoms with van der Waals surface area (Å²) in [5, 5.41) is 12.3. The van der Waals surface area contributed by atoms with Gasteiger partial charge in [0.25, 0.3) is 5.91 Å². The molecular weight excluding hydrogens is 516 g/mol. The predicted molar refractivity (Wildman–Crippen MR) is 144 cm³/mol. The average Bonchev–Trinajstić information content (AvgIpc) is 2.92. The van der Waals surface area contributed by atoms with Crippen LogP contribution < -0.4 is 14.8 Å². The largest absolute Gasteiger partial charge is 0.489 e. The molecule has 36 heavy (non-hydrogen) atoms. The maximum atomic E-state index is 12.7. The SMILES string of the molecule is N#C/C(=C\c1ccc(OCc2ccccc2)c(Br)c1)C(=O)Nc1ccc(OCc2ccccc2)cc1. The first-order valence-electron chi connectivity index (χ1n) is 11.3. The van der Waals surface area contributed by atoms with Crippen LogP contribution in [0.5, 0.6) is 11.5 Å². The first-order chi connectivity index (χ1) is 17.6. The number of nitriles is 1. The third kappa shape index (κ3) is 7.08. The quantitative estimate of drug-likeness (QED) is 0.181. The molecule has 1 amide bonds. The van der Waals surface area contributed by atoms with Crippen molar-refractivity contribution < 1.29 is 14.3 Å². The fourth-order valence-electron chi connectivity index (χ4n) is 3.35. The highest BCUT2D eigenvalue weighted by atomic mass is 79.9. The van der Waals surface area contributed by atoms with Crippen LogP contribution in [0.3, 0.4) is 0 Å². The molecule has 0 fully saturated rings. The highest BCUT2D eigenvalue weighted by Gasteiger charge is 2.11. The van der Waals surface area contributed by atoms with E-state index in [-0.39, 0.29) is 5.57 Å². The zero-order chi connectivity index (χ0) is 25.2. The molecule has 0 aliphatic heterocycles. The fraction of sp³-hybridized carbons (Fsp3) is 0.0667. The van der Waals surface area contributed by atoms with Crippen molar-refractivity contribution in [3.8, 4) is 17.6 Å². The number of nitrogens with one attached hydrogen (secondary N) is 1. The van der Waals surface area contributed by atoms with Gasteiger partial charge in [-0.1, -0.05) is 66.7 Å². The van der Waals surface area contributed by atoms with Gasteiger partial charge in [0.2, 0.25) is 0 Å². The van der Waals surface area contributed by atoms with Gasteiger partial charge in [0.15, 0.2) is 0 Å². The Labute approximate surface area is 218 Å². The minimum Gasteiger partial charge on any atom is -0.489 e. The van der Waals surface area contributed by atoms with Crippen molar-refractivity contribution in [2.45, 2.75) is 13.2 Å². The van der Waals surface area contributed by atoms with E-state index in [0.717, 1.165) is 15.6 Å². The monoisotopic (exact) mass is 538 g/mol. The Morgan fingerprint density at radius 2 is 1.44 bits per heavy atom. The number of carbonyl (C=O) groups excluding carboxylic acids is 1. The molecule has 0 aliphatic carbocycles. The summed E-state index contributed by atoms with van der Waals surface area (Å²) in [5.41, 5.74) is 3.39. The first-order valence-corrected chi connectivity index (χ1v) is 12.1. The predicted octanol–water partition coefficient (Wildman–Crippen LogP) is 7.15. The van der Waals surface area contributed by atoms with Crippen LogP contribution in [0.15, 0.2) is 113 Å². The molecule has 0 heterocycles. The van der Waals surface area contributed by atoms with E-state index in [2.05, 4.69) is 21.2 Å². The molecular formula is C30H23BrN2O3. The zero-order valence-corrected chi connectivity index (χ0v) is 20.9. The molecule has 0 aliphatic rings. The summed E-state index contributed by atoms with van der Waals surface area (Å²) in [7, 11) is 0. The summed E-state index contributed by atoms with van der Waals surface area (Å²) in [5.74, 6) is 0.872. The van der Waals surface area contributed by atoms with Gasteiger partial charge < -0.3 is 14.8 Å². The summed E-state index contributed by atoms with van der Waals surface area (Å²) < 4.78 is 12.4. The van der Waals surface area contributed by atoms with Gasteiger partial charge in [-0.2, -0.15) is 5.26 Å².